The van der Waals surface area contributed by atoms with Gasteiger partial charge in [-0.05, 0) is 91.6 Å². The van der Waals surface area contributed by atoms with Crippen LogP contribution in [0.3, 0.4) is 0 Å². The average molecular weight is 702 g/mol. The summed E-state index contributed by atoms with van der Waals surface area (Å²) in [5.41, 5.74) is 7.83. The summed E-state index contributed by atoms with van der Waals surface area (Å²) in [6, 6.07) is 23.3. The van der Waals surface area contributed by atoms with Crippen molar-refractivity contribution in [2.24, 2.45) is 15.7 Å². The highest BCUT2D eigenvalue weighted by Gasteiger charge is 2.30. The number of carboxylic acids is 1. The molecule has 0 aliphatic carbocycles. The first kappa shape index (κ1) is 35.9. The highest BCUT2D eigenvalue weighted by molar-refractivity contribution is 7.98. The van der Waals surface area contributed by atoms with Gasteiger partial charge in [-0.25, -0.2) is 4.79 Å². The predicted molar refractivity (Wildman–Crippen MR) is 190 cm³/mol. The predicted octanol–water partition coefficient (Wildman–Crippen LogP) is 8.23. The number of benzene rings is 4. The summed E-state index contributed by atoms with van der Waals surface area (Å²) in [6.07, 6.45) is -0.182. The number of amides is 2. The Bertz CT molecular complexity index is 1940. The second kappa shape index (κ2) is 16.3. The van der Waals surface area contributed by atoms with Crippen LogP contribution >= 0.6 is 11.8 Å². The molecule has 0 bridgehead atoms. The van der Waals surface area contributed by atoms with Crippen molar-refractivity contribution in [3.05, 3.63) is 119 Å². The van der Waals surface area contributed by atoms with Crippen molar-refractivity contribution >= 4 is 58.7 Å². The Morgan fingerprint density at radius 3 is 2.40 bits per heavy atom. The van der Waals surface area contributed by atoms with Gasteiger partial charge >= 0.3 is 12.1 Å². The number of carbonyl (C=O) groups is 3. The van der Waals surface area contributed by atoms with E-state index in [4.69, 9.17) is 5.73 Å². The molecular formula is C37H34F3N5O4S. The zero-order chi connectivity index (χ0) is 35.7. The maximum absolute atomic E-state index is 13.5. The SMILES string of the molecule is NC(CC=Nc1cccc(C(F)(F)F)c1)=NC(=O)c1cc(N2CCCCC2)ccc1NC(=O)c1cccc(CSc2cccc(C(=O)O)c2)c1. The number of thioether (sulfide) groups is 1. The number of hydrogen-bond donors (Lipinski definition) is 3. The normalized spacial score (nSPS) is 13.7. The van der Waals surface area contributed by atoms with E-state index < -0.39 is 29.5 Å². The molecule has 4 aromatic carbocycles. The maximum atomic E-state index is 13.5. The minimum atomic E-state index is -4.51. The number of alkyl halides is 3. The molecule has 258 valence electrons. The van der Waals surface area contributed by atoms with Crippen LogP contribution in [0.4, 0.5) is 30.2 Å². The van der Waals surface area contributed by atoms with Gasteiger partial charge in [-0.15, -0.1) is 11.8 Å². The molecule has 0 spiro atoms. The molecule has 0 unspecified atom stereocenters. The monoisotopic (exact) mass is 701 g/mol. The Kier molecular flexibility index (Phi) is 11.7. The van der Waals surface area contributed by atoms with E-state index in [0.717, 1.165) is 60.6 Å². The van der Waals surface area contributed by atoms with Crippen LogP contribution in [0.15, 0.2) is 106 Å². The Labute approximate surface area is 291 Å². The van der Waals surface area contributed by atoms with Crippen molar-refractivity contribution in [3.63, 3.8) is 0 Å². The van der Waals surface area contributed by atoms with Gasteiger partial charge in [0.05, 0.1) is 28.1 Å². The summed E-state index contributed by atoms with van der Waals surface area (Å²) in [6.45, 7) is 1.64. The summed E-state index contributed by atoms with van der Waals surface area (Å²) < 4.78 is 39.1. The van der Waals surface area contributed by atoms with Gasteiger partial charge in [-0.2, -0.15) is 18.2 Å². The van der Waals surface area contributed by atoms with E-state index in [1.54, 1.807) is 42.5 Å². The number of piperidine rings is 1. The number of halogens is 3. The molecule has 0 saturated carbocycles. The second-order valence-electron chi connectivity index (χ2n) is 11.5. The van der Waals surface area contributed by atoms with Crippen LogP contribution in [0, 0.1) is 0 Å². The van der Waals surface area contributed by atoms with E-state index in [0.29, 0.717) is 11.3 Å². The van der Waals surface area contributed by atoms with Crippen molar-refractivity contribution in [1.82, 2.24) is 0 Å². The first-order valence-electron chi connectivity index (χ1n) is 15.8. The largest absolute Gasteiger partial charge is 0.478 e. The lowest BCUT2D eigenvalue weighted by atomic mass is 10.1. The number of anilines is 2. The van der Waals surface area contributed by atoms with Gasteiger partial charge in [0.15, 0.2) is 0 Å². The van der Waals surface area contributed by atoms with Gasteiger partial charge in [-0.1, -0.05) is 24.3 Å². The molecule has 9 nitrogen and oxygen atoms in total. The zero-order valence-electron chi connectivity index (χ0n) is 26.8. The van der Waals surface area contributed by atoms with Crippen LogP contribution in [-0.2, 0) is 11.9 Å². The van der Waals surface area contributed by atoms with E-state index in [1.165, 1.54) is 36.2 Å². The quantitative estimate of drug-likeness (QED) is 0.0814. The number of aromatic carboxylic acids is 1. The number of nitrogens with two attached hydrogens (primary N) is 1. The van der Waals surface area contributed by atoms with Crippen molar-refractivity contribution in [2.45, 2.75) is 42.5 Å². The first-order valence-corrected chi connectivity index (χ1v) is 16.8. The van der Waals surface area contributed by atoms with Gasteiger partial charge in [0.1, 0.15) is 5.84 Å². The minimum absolute atomic E-state index is 0.0771. The average Bonchev–Trinajstić information content (AvgIpc) is 3.11. The summed E-state index contributed by atoms with van der Waals surface area (Å²) in [5, 5.41) is 12.1. The van der Waals surface area contributed by atoms with Gasteiger partial charge < -0.3 is 21.1 Å². The number of carboxylic acid groups (broad SMARTS) is 1. The van der Waals surface area contributed by atoms with Crippen LogP contribution in [-0.4, -0.2) is 48.0 Å². The third-order valence-electron chi connectivity index (χ3n) is 7.84. The molecule has 1 aliphatic heterocycles. The van der Waals surface area contributed by atoms with Crippen LogP contribution in [0.1, 0.15) is 67.9 Å². The molecule has 2 amide bonds. The van der Waals surface area contributed by atoms with Gasteiger partial charge in [0.25, 0.3) is 11.8 Å². The zero-order valence-corrected chi connectivity index (χ0v) is 27.6. The van der Waals surface area contributed by atoms with Crippen LogP contribution in [0.25, 0.3) is 0 Å². The number of aliphatic imine (C=N–C) groups is 2. The Morgan fingerprint density at radius 1 is 0.900 bits per heavy atom. The molecular weight excluding hydrogens is 667 g/mol. The number of amidine groups is 1. The Balaban J connectivity index is 1.32. The Morgan fingerprint density at radius 2 is 1.64 bits per heavy atom. The van der Waals surface area contributed by atoms with Crippen LogP contribution < -0.4 is 16.0 Å². The van der Waals surface area contributed by atoms with Crippen LogP contribution in [0.5, 0.6) is 0 Å². The van der Waals surface area contributed by atoms with Gasteiger partial charge in [0, 0.05) is 47.6 Å². The van der Waals surface area contributed by atoms with E-state index in [9.17, 15) is 32.7 Å². The summed E-state index contributed by atoms with van der Waals surface area (Å²) in [4.78, 5) is 49.3. The molecule has 1 heterocycles. The topological polar surface area (TPSA) is 137 Å². The third kappa shape index (κ3) is 9.82. The fraction of sp³-hybridized carbons (Fsp3) is 0.216. The lowest BCUT2D eigenvalue weighted by Crippen LogP contribution is -2.29. The highest BCUT2D eigenvalue weighted by Crippen LogP contribution is 2.32. The summed E-state index contributed by atoms with van der Waals surface area (Å²) in [7, 11) is 0. The third-order valence-corrected chi connectivity index (χ3v) is 8.90. The van der Waals surface area contributed by atoms with E-state index in [2.05, 4.69) is 20.2 Å². The number of nitrogens with one attached hydrogen (secondary N) is 1. The lowest BCUT2D eigenvalue weighted by molar-refractivity contribution is -0.137. The minimum Gasteiger partial charge on any atom is -0.478 e. The standard InChI is InChI=1S/C37H34F3N5O4S/c38-37(39,40)27-10-6-11-28(21-27)42-16-15-33(41)44-35(47)31-22-29(45-17-2-1-3-18-45)13-14-32(31)43-34(46)25-8-4-7-24(19-25)23-50-30-12-5-9-26(20-30)36(48)49/h4-14,16,19-22H,1-3,15,17-18,23H2,(H,43,46)(H,48,49)(H2,41,44,47). The number of nitrogens with zero attached hydrogens (tertiary/aromatic N) is 3. The Hall–Kier alpha value is -5.43. The van der Waals surface area contributed by atoms with E-state index in [-0.39, 0.29) is 34.8 Å². The summed E-state index contributed by atoms with van der Waals surface area (Å²) >= 11 is 1.44. The second-order valence-corrected chi connectivity index (χ2v) is 12.6. The molecule has 50 heavy (non-hydrogen) atoms. The van der Waals surface area contributed by atoms with E-state index >= 15 is 0 Å². The molecule has 5 rings (SSSR count). The van der Waals surface area contributed by atoms with Crippen molar-refractivity contribution in [3.8, 4) is 0 Å². The van der Waals surface area contributed by atoms with Crippen molar-refractivity contribution in [2.75, 3.05) is 23.3 Å². The first-order chi connectivity index (χ1) is 24.0. The van der Waals surface area contributed by atoms with Gasteiger partial charge in [0.2, 0.25) is 0 Å². The summed E-state index contributed by atoms with van der Waals surface area (Å²) in [5.74, 6) is -1.77. The van der Waals surface area contributed by atoms with Crippen molar-refractivity contribution < 1.29 is 32.7 Å². The molecule has 0 atom stereocenters. The van der Waals surface area contributed by atoms with E-state index in [1.807, 2.05) is 18.2 Å². The van der Waals surface area contributed by atoms with Crippen molar-refractivity contribution in [1.29, 1.82) is 0 Å². The molecule has 0 aromatic heterocycles. The lowest BCUT2D eigenvalue weighted by Gasteiger charge is -2.29. The number of rotatable bonds is 11. The fourth-order valence-electron chi connectivity index (χ4n) is 5.29. The fourth-order valence-corrected chi connectivity index (χ4v) is 6.19. The maximum Gasteiger partial charge on any atom is 0.416 e. The molecule has 1 aliphatic rings. The molecule has 4 aromatic rings. The molecule has 1 fully saturated rings. The number of hydrogen-bond acceptors (Lipinski definition) is 6. The molecule has 4 N–H and O–H groups in total. The number of carbonyl (C=O) groups excluding carboxylic acids is 2. The molecule has 13 heteroatoms. The smallest absolute Gasteiger partial charge is 0.416 e. The van der Waals surface area contributed by atoms with Gasteiger partial charge in [-0.3, -0.25) is 14.6 Å². The van der Waals surface area contributed by atoms with Crippen LogP contribution in [0.2, 0.25) is 0 Å². The highest BCUT2D eigenvalue weighted by atomic mass is 32.2. The molecule has 1 saturated heterocycles. The molecule has 0 radical (unpaired) electrons.